The monoisotopic (exact) mass is 329 g/mol. The third-order valence-electron chi connectivity index (χ3n) is 2.27. The Labute approximate surface area is 120 Å². The Morgan fingerprint density at radius 3 is 2.84 bits per heavy atom. The largest absolute Gasteiger partial charge is 0.483 e. The molecular formula is C13H16BrNO4. The van der Waals surface area contributed by atoms with Crippen molar-refractivity contribution in [1.82, 2.24) is 5.32 Å². The predicted octanol–water partition coefficient (Wildman–Crippen LogP) is 1.79. The van der Waals surface area contributed by atoms with Gasteiger partial charge in [0.2, 0.25) is 0 Å². The van der Waals surface area contributed by atoms with Crippen LogP contribution in [0.5, 0.6) is 5.75 Å². The number of amides is 1. The lowest BCUT2D eigenvalue weighted by atomic mass is 10.2. The second-order valence-corrected chi connectivity index (χ2v) is 4.87. The lowest BCUT2D eigenvalue weighted by Crippen LogP contribution is -2.38. The minimum atomic E-state index is -0.226. The highest BCUT2D eigenvalue weighted by atomic mass is 79.9. The van der Waals surface area contributed by atoms with Gasteiger partial charge in [-0.15, -0.1) is 0 Å². The maximum absolute atomic E-state index is 11.6. The summed E-state index contributed by atoms with van der Waals surface area (Å²) in [6, 6.07) is 4.83. The van der Waals surface area contributed by atoms with Crippen molar-refractivity contribution in [2.75, 3.05) is 20.3 Å². The summed E-state index contributed by atoms with van der Waals surface area (Å²) in [4.78, 5) is 22.2. The molecule has 0 radical (unpaired) electrons. The van der Waals surface area contributed by atoms with Gasteiger partial charge in [0.25, 0.3) is 5.91 Å². The van der Waals surface area contributed by atoms with Crippen LogP contribution in [0.1, 0.15) is 17.3 Å². The zero-order chi connectivity index (χ0) is 14.3. The first kappa shape index (κ1) is 15.7. The summed E-state index contributed by atoms with van der Waals surface area (Å²) < 4.78 is 10.9. The summed E-state index contributed by atoms with van der Waals surface area (Å²) in [5, 5.41) is 2.73. The fraction of sp³-hybridized carbons (Fsp3) is 0.385. The average Bonchev–Trinajstić information content (AvgIpc) is 2.37. The smallest absolute Gasteiger partial charge is 0.258 e. The van der Waals surface area contributed by atoms with Gasteiger partial charge in [0.15, 0.2) is 6.61 Å². The quantitative estimate of drug-likeness (QED) is 0.774. The van der Waals surface area contributed by atoms with E-state index in [-0.39, 0.29) is 18.6 Å². The molecule has 1 atom stereocenters. The van der Waals surface area contributed by atoms with Crippen molar-refractivity contribution < 1.29 is 19.1 Å². The van der Waals surface area contributed by atoms with Crippen LogP contribution in [0.2, 0.25) is 0 Å². The topological polar surface area (TPSA) is 64.6 Å². The number of nitrogens with one attached hydrogen (secondary N) is 1. The molecule has 0 aliphatic rings. The van der Waals surface area contributed by atoms with Crippen LogP contribution in [0.4, 0.5) is 0 Å². The number of carbonyl (C=O) groups is 2. The van der Waals surface area contributed by atoms with Crippen molar-refractivity contribution in [2.45, 2.75) is 13.0 Å². The number of rotatable bonds is 7. The van der Waals surface area contributed by atoms with Crippen LogP contribution in [0.15, 0.2) is 22.7 Å². The molecule has 0 saturated carbocycles. The van der Waals surface area contributed by atoms with Crippen LogP contribution in [0, 0.1) is 0 Å². The van der Waals surface area contributed by atoms with Crippen molar-refractivity contribution in [3.05, 3.63) is 28.2 Å². The van der Waals surface area contributed by atoms with Gasteiger partial charge in [-0.25, -0.2) is 0 Å². The summed E-state index contributed by atoms with van der Waals surface area (Å²) in [5.74, 6) is 0.288. The zero-order valence-corrected chi connectivity index (χ0v) is 12.4. The van der Waals surface area contributed by atoms with E-state index >= 15 is 0 Å². The standard InChI is InChI=1S/C13H16BrNO4/c1-9(7-18-2)15-13(17)8-19-12-4-3-10(6-16)5-11(12)14/h3-6,9H,7-8H2,1-2H3,(H,15,17)/t9-/m1/s1. The van der Waals surface area contributed by atoms with Crippen LogP contribution in [-0.2, 0) is 9.53 Å². The molecule has 6 heteroatoms. The summed E-state index contributed by atoms with van der Waals surface area (Å²) in [6.07, 6.45) is 0.744. The first-order valence-electron chi connectivity index (χ1n) is 5.72. The van der Waals surface area contributed by atoms with Gasteiger partial charge in [0.1, 0.15) is 12.0 Å². The van der Waals surface area contributed by atoms with Crippen LogP contribution in [0.3, 0.4) is 0 Å². The van der Waals surface area contributed by atoms with E-state index in [4.69, 9.17) is 9.47 Å². The molecule has 5 nitrogen and oxygen atoms in total. The molecule has 0 aromatic heterocycles. The van der Waals surface area contributed by atoms with E-state index in [9.17, 15) is 9.59 Å². The Morgan fingerprint density at radius 1 is 1.53 bits per heavy atom. The van der Waals surface area contributed by atoms with E-state index in [1.54, 1.807) is 25.3 Å². The molecule has 104 valence electrons. The molecule has 0 aliphatic heterocycles. The number of methoxy groups -OCH3 is 1. The Bertz CT molecular complexity index is 450. The summed E-state index contributed by atoms with van der Waals surface area (Å²) in [5.41, 5.74) is 0.539. The fourth-order valence-electron chi connectivity index (χ4n) is 1.46. The lowest BCUT2D eigenvalue weighted by Gasteiger charge is -2.13. The van der Waals surface area contributed by atoms with Gasteiger partial charge in [0.05, 0.1) is 11.1 Å². The summed E-state index contributed by atoms with van der Waals surface area (Å²) in [6.45, 7) is 2.20. The SMILES string of the molecule is COC[C@@H](C)NC(=O)COc1ccc(C=O)cc1Br. The predicted molar refractivity (Wildman–Crippen MR) is 74.5 cm³/mol. The molecule has 0 bridgehead atoms. The third kappa shape index (κ3) is 5.40. The van der Waals surface area contributed by atoms with Crippen molar-refractivity contribution in [2.24, 2.45) is 0 Å². The van der Waals surface area contributed by atoms with Gasteiger partial charge in [-0.3, -0.25) is 9.59 Å². The maximum Gasteiger partial charge on any atom is 0.258 e. The van der Waals surface area contributed by atoms with E-state index in [1.807, 2.05) is 6.92 Å². The van der Waals surface area contributed by atoms with Crippen molar-refractivity contribution in [1.29, 1.82) is 0 Å². The van der Waals surface area contributed by atoms with Crippen LogP contribution in [-0.4, -0.2) is 38.6 Å². The number of aldehydes is 1. The zero-order valence-electron chi connectivity index (χ0n) is 10.8. The number of carbonyl (C=O) groups excluding carboxylic acids is 2. The number of halogens is 1. The van der Waals surface area contributed by atoms with Crippen LogP contribution < -0.4 is 10.1 Å². The third-order valence-corrected chi connectivity index (χ3v) is 2.89. The number of hydrogen-bond donors (Lipinski definition) is 1. The van der Waals surface area contributed by atoms with E-state index < -0.39 is 0 Å². The number of benzene rings is 1. The molecule has 1 aromatic carbocycles. The van der Waals surface area contributed by atoms with E-state index in [1.165, 1.54) is 0 Å². The Kier molecular flexibility index (Phi) is 6.52. The second-order valence-electron chi connectivity index (χ2n) is 4.02. The molecule has 1 amide bonds. The van der Waals surface area contributed by atoms with Crippen molar-refractivity contribution in [3.8, 4) is 5.75 Å². The molecule has 0 heterocycles. The number of ether oxygens (including phenoxy) is 2. The van der Waals surface area contributed by atoms with Crippen LogP contribution >= 0.6 is 15.9 Å². The molecule has 1 N–H and O–H groups in total. The number of hydrogen-bond acceptors (Lipinski definition) is 4. The minimum Gasteiger partial charge on any atom is -0.483 e. The maximum atomic E-state index is 11.6. The molecule has 0 unspecified atom stereocenters. The highest BCUT2D eigenvalue weighted by Gasteiger charge is 2.09. The summed E-state index contributed by atoms with van der Waals surface area (Å²) >= 11 is 3.28. The minimum absolute atomic E-state index is 0.0676. The van der Waals surface area contributed by atoms with Gasteiger partial charge < -0.3 is 14.8 Å². The molecule has 0 fully saturated rings. The molecule has 0 aliphatic carbocycles. The van der Waals surface area contributed by atoms with Gasteiger partial charge >= 0.3 is 0 Å². The first-order valence-corrected chi connectivity index (χ1v) is 6.52. The Morgan fingerprint density at radius 2 is 2.26 bits per heavy atom. The first-order chi connectivity index (χ1) is 9.06. The molecule has 0 spiro atoms. The summed E-state index contributed by atoms with van der Waals surface area (Å²) in [7, 11) is 1.57. The van der Waals surface area contributed by atoms with Crippen LogP contribution in [0.25, 0.3) is 0 Å². The van der Waals surface area contributed by atoms with E-state index in [0.29, 0.717) is 22.4 Å². The average molecular weight is 330 g/mol. The van der Waals surface area contributed by atoms with Gasteiger partial charge in [-0.05, 0) is 41.1 Å². The van der Waals surface area contributed by atoms with Gasteiger partial charge in [-0.1, -0.05) is 0 Å². The molecule has 19 heavy (non-hydrogen) atoms. The van der Waals surface area contributed by atoms with Gasteiger partial charge in [-0.2, -0.15) is 0 Å². The Hall–Kier alpha value is -1.40. The van der Waals surface area contributed by atoms with Crippen molar-refractivity contribution >= 4 is 28.1 Å². The van der Waals surface area contributed by atoms with Gasteiger partial charge in [0, 0.05) is 18.7 Å². The molecule has 0 saturated heterocycles. The molecule has 1 aromatic rings. The second kappa shape index (κ2) is 7.91. The lowest BCUT2D eigenvalue weighted by molar-refractivity contribution is -0.124. The van der Waals surface area contributed by atoms with E-state index in [2.05, 4.69) is 21.2 Å². The fourth-order valence-corrected chi connectivity index (χ4v) is 1.97. The highest BCUT2D eigenvalue weighted by Crippen LogP contribution is 2.25. The normalized spacial score (nSPS) is 11.7. The van der Waals surface area contributed by atoms with E-state index in [0.717, 1.165) is 6.29 Å². The Balaban J connectivity index is 2.48. The van der Waals surface area contributed by atoms with Crippen molar-refractivity contribution in [3.63, 3.8) is 0 Å². The highest BCUT2D eigenvalue weighted by molar-refractivity contribution is 9.10. The molecule has 1 rings (SSSR count). The molecular weight excluding hydrogens is 314 g/mol.